The van der Waals surface area contributed by atoms with Crippen molar-refractivity contribution in [2.45, 2.75) is 67.0 Å². The van der Waals surface area contributed by atoms with Crippen LogP contribution in [0.1, 0.15) is 63.8 Å². The Balaban J connectivity index is 2.04. The summed E-state index contributed by atoms with van der Waals surface area (Å²) in [6.07, 6.45) is -0.0109. The van der Waals surface area contributed by atoms with Crippen LogP contribution in [0.2, 0.25) is 0 Å². The lowest BCUT2D eigenvalue weighted by molar-refractivity contribution is -0.143. The second-order valence-electron chi connectivity index (χ2n) is 9.08. The molecule has 0 aliphatic carbocycles. The highest BCUT2D eigenvalue weighted by atomic mass is 32.2. The molecular weight excluding hydrogens is 422 g/mol. The van der Waals surface area contributed by atoms with E-state index in [-0.39, 0.29) is 24.4 Å². The summed E-state index contributed by atoms with van der Waals surface area (Å²) in [6.45, 7) is 14.4. The number of hydrogen-bond acceptors (Lipinski definition) is 6. The summed E-state index contributed by atoms with van der Waals surface area (Å²) in [4.78, 5) is 32.6. The molecule has 0 spiro atoms. The Morgan fingerprint density at radius 3 is 2.56 bits per heavy atom. The van der Waals surface area contributed by atoms with E-state index in [0.29, 0.717) is 23.7 Å². The lowest BCUT2D eigenvalue weighted by atomic mass is 9.90. The SMILES string of the molecule is CC1=C(C(=O)OC(C)C)[C@H](c2cc(C)ccc2C)N2C(CC(=O)NCC(C)C)=CSC2=N1. The normalized spacial score (nSPS) is 18.0. The van der Waals surface area contributed by atoms with E-state index in [2.05, 4.69) is 37.4 Å². The zero-order chi connectivity index (χ0) is 23.6. The van der Waals surface area contributed by atoms with E-state index < -0.39 is 6.04 Å². The molecule has 172 valence electrons. The lowest BCUT2D eigenvalue weighted by Crippen LogP contribution is -2.39. The van der Waals surface area contributed by atoms with Crippen LogP contribution in [-0.2, 0) is 14.3 Å². The molecule has 0 fully saturated rings. The number of carbonyl (C=O) groups excluding carboxylic acids is 2. The summed E-state index contributed by atoms with van der Waals surface area (Å²) in [5.74, 6) is -0.0283. The van der Waals surface area contributed by atoms with E-state index in [1.807, 2.05) is 44.9 Å². The van der Waals surface area contributed by atoms with E-state index in [4.69, 9.17) is 9.73 Å². The van der Waals surface area contributed by atoms with Gasteiger partial charge in [-0.3, -0.25) is 4.79 Å². The number of rotatable bonds is 7. The van der Waals surface area contributed by atoms with Crippen LogP contribution in [0.25, 0.3) is 0 Å². The maximum atomic E-state index is 13.2. The largest absolute Gasteiger partial charge is 0.459 e. The highest BCUT2D eigenvalue weighted by Crippen LogP contribution is 2.45. The Kier molecular flexibility index (Phi) is 7.49. The number of thioether (sulfide) groups is 1. The van der Waals surface area contributed by atoms with Gasteiger partial charge in [-0.2, -0.15) is 0 Å². The van der Waals surface area contributed by atoms with Gasteiger partial charge >= 0.3 is 5.97 Å². The van der Waals surface area contributed by atoms with Crippen LogP contribution in [0.3, 0.4) is 0 Å². The molecule has 1 aromatic carbocycles. The maximum absolute atomic E-state index is 13.2. The molecule has 7 heteroatoms. The predicted molar refractivity (Wildman–Crippen MR) is 130 cm³/mol. The number of benzene rings is 1. The number of nitrogens with zero attached hydrogens (tertiary/aromatic N) is 2. The van der Waals surface area contributed by atoms with Crippen LogP contribution < -0.4 is 5.32 Å². The van der Waals surface area contributed by atoms with Gasteiger partial charge in [-0.25, -0.2) is 9.79 Å². The number of hydrogen-bond donors (Lipinski definition) is 1. The van der Waals surface area contributed by atoms with Crippen LogP contribution >= 0.6 is 11.8 Å². The van der Waals surface area contributed by atoms with Gasteiger partial charge in [-0.15, -0.1) is 0 Å². The van der Waals surface area contributed by atoms with Gasteiger partial charge in [0, 0.05) is 12.2 Å². The average molecular weight is 456 g/mol. The number of ether oxygens (including phenoxy) is 1. The molecule has 0 bridgehead atoms. The van der Waals surface area contributed by atoms with Crippen LogP contribution in [0.4, 0.5) is 0 Å². The van der Waals surface area contributed by atoms with Crippen LogP contribution in [0, 0.1) is 19.8 Å². The molecule has 0 saturated carbocycles. The monoisotopic (exact) mass is 455 g/mol. The Hall–Kier alpha value is -2.54. The first-order chi connectivity index (χ1) is 15.1. The molecule has 0 unspecified atom stereocenters. The third-order valence-corrected chi connectivity index (χ3v) is 6.23. The van der Waals surface area contributed by atoms with Gasteiger partial charge in [0.2, 0.25) is 5.91 Å². The zero-order valence-corrected chi connectivity index (χ0v) is 20.8. The van der Waals surface area contributed by atoms with E-state index in [9.17, 15) is 9.59 Å². The van der Waals surface area contributed by atoms with Crippen molar-refractivity contribution in [3.8, 4) is 0 Å². The van der Waals surface area contributed by atoms with E-state index >= 15 is 0 Å². The summed E-state index contributed by atoms with van der Waals surface area (Å²) < 4.78 is 5.61. The van der Waals surface area contributed by atoms with Crippen LogP contribution in [-0.4, -0.2) is 34.6 Å². The van der Waals surface area contributed by atoms with Crippen molar-refractivity contribution in [1.82, 2.24) is 10.2 Å². The number of carbonyl (C=O) groups is 2. The van der Waals surface area contributed by atoms with Gasteiger partial charge in [-0.1, -0.05) is 49.4 Å². The maximum Gasteiger partial charge on any atom is 0.338 e. The fourth-order valence-corrected chi connectivity index (χ4v) is 4.77. The van der Waals surface area contributed by atoms with Gasteiger partial charge in [0.15, 0.2) is 5.17 Å². The fraction of sp³-hybridized carbons (Fsp3) is 0.480. The molecule has 2 aliphatic rings. The molecular formula is C25H33N3O3S. The number of nitrogens with one attached hydrogen (secondary N) is 1. The smallest absolute Gasteiger partial charge is 0.338 e. The third kappa shape index (κ3) is 5.26. The second-order valence-corrected chi connectivity index (χ2v) is 9.92. The second kappa shape index (κ2) is 9.94. The lowest BCUT2D eigenvalue weighted by Gasteiger charge is -2.37. The topological polar surface area (TPSA) is 71.0 Å². The molecule has 0 radical (unpaired) electrons. The van der Waals surface area contributed by atoms with Crippen molar-refractivity contribution in [2.75, 3.05) is 6.54 Å². The predicted octanol–water partition coefficient (Wildman–Crippen LogP) is 4.99. The Morgan fingerprint density at radius 1 is 1.19 bits per heavy atom. The number of allylic oxidation sites excluding steroid dienone is 1. The summed E-state index contributed by atoms with van der Waals surface area (Å²) >= 11 is 1.49. The molecule has 1 atom stereocenters. The first-order valence-electron chi connectivity index (χ1n) is 11.1. The van der Waals surface area contributed by atoms with Crippen molar-refractivity contribution in [3.05, 3.63) is 57.3 Å². The molecule has 0 aromatic heterocycles. The minimum absolute atomic E-state index is 0.0379. The first kappa shape index (κ1) is 24.1. The van der Waals surface area contributed by atoms with Crippen molar-refractivity contribution in [1.29, 1.82) is 0 Å². The van der Waals surface area contributed by atoms with Crippen LogP contribution in [0.5, 0.6) is 0 Å². The number of amidine groups is 1. The first-order valence-corrected chi connectivity index (χ1v) is 12.0. The number of aryl methyl sites for hydroxylation is 2. The van der Waals surface area contributed by atoms with Crippen molar-refractivity contribution in [2.24, 2.45) is 10.9 Å². The molecule has 2 aliphatic heterocycles. The molecule has 0 saturated heterocycles. The average Bonchev–Trinajstić information content (AvgIpc) is 3.08. The minimum atomic E-state index is -0.396. The fourth-order valence-electron chi connectivity index (χ4n) is 3.80. The van der Waals surface area contributed by atoms with E-state index in [1.165, 1.54) is 11.8 Å². The minimum Gasteiger partial charge on any atom is -0.459 e. The summed E-state index contributed by atoms with van der Waals surface area (Å²) in [5, 5.41) is 5.74. The number of amides is 1. The molecule has 32 heavy (non-hydrogen) atoms. The summed E-state index contributed by atoms with van der Waals surface area (Å²) in [6, 6.07) is 5.85. The van der Waals surface area contributed by atoms with Gasteiger partial charge in [0.05, 0.1) is 29.8 Å². The number of esters is 1. The number of aliphatic imine (C=N–C) groups is 1. The molecule has 1 aromatic rings. The Morgan fingerprint density at radius 2 is 1.91 bits per heavy atom. The Bertz CT molecular complexity index is 1010. The standard InChI is InChI=1S/C25H33N3O3S/c1-14(2)12-26-21(29)11-19-13-32-25-27-18(7)22(24(30)31-15(3)4)23(28(19)25)20-10-16(5)8-9-17(20)6/h8-10,13-15,23H,11-12H2,1-7H3,(H,26,29)/t23-/m0/s1. The Labute approximate surface area is 195 Å². The highest BCUT2D eigenvalue weighted by Gasteiger charge is 2.41. The molecule has 3 rings (SSSR count). The third-order valence-electron chi connectivity index (χ3n) is 5.34. The zero-order valence-electron chi connectivity index (χ0n) is 20.0. The van der Waals surface area contributed by atoms with Gasteiger partial charge in [0.25, 0.3) is 0 Å². The van der Waals surface area contributed by atoms with Crippen molar-refractivity contribution < 1.29 is 14.3 Å². The highest BCUT2D eigenvalue weighted by molar-refractivity contribution is 8.16. The van der Waals surface area contributed by atoms with E-state index in [0.717, 1.165) is 27.6 Å². The van der Waals surface area contributed by atoms with Gasteiger partial charge in [0.1, 0.15) is 0 Å². The molecule has 6 nitrogen and oxygen atoms in total. The number of fused-ring (bicyclic) bond motifs is 1. The van der Waals surface area contributed by atoms with Crippen LogP contribution in [0.15, 0.2) is 45.6 Å². The summed E-state index contributed by atoms with van der Waals surface area (Å²) in [7, 11) is 0. The van der Waals surface area contributed by atoms with Crippen molar-refractivity contribution >= 4 is 28.8 Å². The summed E-state index contributed by atoms with van der Waals surface area (Å²) in [5.41, 5.74) is 5.21. The van der Waals surface area contributed by atoms with Gasteiger partial charge < -0.3 is 15.0 Å². The van der Waals surface area contributed by atoms with Gasteiger partial charge in [-0.05, 0) is 57.1 Å². The molecule has 2 heterocycles. The van der Waals surface area contributed by atoms with E-state index in [1.54, 1.807) is 0 Å². The molecule has 1 N–H and O–H groups in total. The van der Waals surface area contributed by atoms with Crippen molar-refractivity contribution in [3.63, 3.8) is 0 Å². The quantitative estimate of drug-likeness (QED) is 0.587. The molecule has 1 amide bonds.